The Morgan fingerprint density at radius 3 is 1.67 bits per heavy atom. The first-order chi connectivity index (χ1) is 9.98. The molecule has 4 rings (SSSR count). The SMILES string of the molecule is O=C1[C@@H]2C[C@@H](C(=O)N3CCCC[C@]23O)[C@]2(O)CCCCN12. The Morgan fingerprint density at radius 1 is 0.810 bits per heavy atom. The van der Waals surface area contributed by atoms with Crippen LogP contribution < -0.4 is 0 Å². The Labute approximate surface area is 123 Å². The number of hydrogen-bond acceptors (Lipinski definition) is 4. The van der Waals surface area contributed by atoms with Gasteiger partial charge in [0.2, 0.25) is 11.8 Å². The molecule has 6 nitrogen and oxygen atoms in total. The van der Waals surface area contributed by atoms with Crippen molar-refractivity contribution in [1.82, 2.24) is 9.80 Å². The fraction of sp³-hybridized carbons (Fsp3) is 0.867. The molecule has 4 aliphatic rings. The lowest BCUT2D eigenvalue weighted by atomic mass is 9.66. The highest BCUT2D eigenvalue weighted by molar-refractivity contribution is 5.91. The molecule has 0 aromatic carbocycles. The maximum absolute atomic E-state index is 12.8. The average Bonchev–Trinajstić information content (AvgIpc) is 2.46. The largest absolute Gasteiger partial charge is 0.370 e. The Balaban J connectivity index is 1.80. The first kappa shape index (κ1) is 13.5. The highest BCUT2D eigenvalue weighted by Gasteiger charge is 2.66. The zero-order chi connectivity index (χ0) is 14.8. The fourth-order valence-electron chi connectivity index (χ4n) is 4.88. The molecule has 4 saturated heterocycles. The van der Waals surface area contributed by atoms with Crippen LogP contribution in [0.15, 0.2) is 0 Å². The van der Waals surface area contributed by atoms with E-state index in [0.29, 0.717) is 25.9 Å². The smallest absolute Gasteiger partial charge is 0.232 e. The summed E-state index contributed by atoms with van der Waals surface area (Å²) in [5.41, 5.74) is -2.66. The molecule has 0 aromatic heterocycles. The van der Waals surface area contributed by atoms with Crippen molar-refractivity contribution in [2.24, 2.45) is 11.8 Å². The second kappa shape index (κ2) is 4.20. The van der Waals surface area contributed by atoms with Crippen LogP contribution in [0.4, 0.5) is 0 Å². The molecule has 21 heavy (non-hydrogen) atoms. The zero-order valence-electron chi connectivity index (χ0n) is 12.1. The number of nitrogens with zero attached hydrogens (tertiary/aromatic N) is 2. The van der Waals surface area contributed by atoms with Gasteiger partial charge in [0.25, 0.3) is 0 Å². The Bertz CT molecular complexity index is 466. The van der Waals surface area contributed by atoms with E-state index in [1.165, 1.54) is 9.80 Å². The summed E-state index contributed by atoms with van der Waals surface area (Å²) in [6, 6.07) is 0. The van der Waals surface area contributed by atoms with E-state index in [4.69, 9.17) is 0 Å². The molecule has 6 heteroatoms. The summed E-state index contributed by atoms with van der Waals surface area (Å²) in [6.07, 6.45) is 4.59. The fourth-order valence-corrected chi connectivity index (χ4v) is 4.88. The lowest BCUT2D eigenvalue weighted by Crippen LogP contribution is -2.77. The maximum atomic E-state index is 12.8. The van der Waals surface area contributed by atoms with E-state index in [2.05, 4.69) is 0 Å². The van der Waals surface area contributed by atoms with Crippen LogP contribution in [-0.2, 0) is 9.59 Å². The topological polar surface area (TPSA) is 81.1 Å². The highest BCUT2D eigenvalue weighted by Crippen LogP contribution is 2.51. The van der Waals surface area contributed by atoms with Crippen LogP contribution in [0.3, 0.4) is 0 Å². The molecule has 4 fully saturated rings. The van der Waals surface area contributed by atoms with E-state index in [1.54, 1.807) is 0 Å². The Hall–Kier alpha value is -1.14. The number of carbonyl (C=O) groups excluding carboxylic acids is 2. The van der Waals surface area contributed by atoms with Gasteiger partial charge in [0.1, 0.15) is 0 Å². The van der Waals surface area contributed by atoms with Crippen LogP contribution in [0, 0.1) is 11.8 Å². The normalized spacial score (nSPS) is 46.2. The summed E-state index contributed by atoms with van der Waals surface area (Å²) in [5.74, 6) is -1.48. The zero-order valence-corrected chi connectivity index (χ0v) is 12.1. The molecular weight excluding hydrogens is 272 g/mol. The molecule has 4 atom stereocenters. The molecule has 2 bridgehead atoms. The molecule has 2 amide bonds. The van der Waals surface area contributed by atoms with Crippen LogP contribution >= 0.6 is 0 Å². The van der Waals surface area contributed by atoms with E-state index in [1.807, 2.05) is 0 Å². The number of fused-ring (bicyclic) bond motifs is 6. The molecule has 116 valence electrons. The molecule has 0 radical (unpaired) electrons. The first-order valence-electron chi connectivity index (χ1n) is 8.06. The second-order valence-electron chi connectivity index (χ2n) is 6.99. The quantitative estimate of drug-likeness (QED) is 0.661. The average molecular weight is 294 g/mol. The highest BCUT2D eigenvalue weighted by atomic mass is 16.3. The molecule has 0 saturated carbocycles. The van der Waals surface area contributed by atoms with Crippen molar-refractivity contribution in [1.29, 1.82) is 0 Å². The Morgan fingerprint density at radius 2 is 1.24 bits per heavy atom. The minimum absolute atomic E-state index is 0.171. The van der Waals surface area contributed by atoms with Gasteiger partial charge in [0.15, 0.2) is 11.4 Å². The van der Waals surface area contributed by atoms with Crippen molar-refractivity contribution in [2.45, 2.75) is 56.4 Å². The van der Waals surface area contributed by atoms with Crippen molar-refractivity contribution in [2.75, 3.05) is 13.1 Å². The predicted molar refractivity (Wildman–Crippen MR) is 72.6 cm³/mol. The van der Waals surface area contributed by atoms with Crippen molar-refractivity contribution in [3.8, 4) is 0 Å². The van der Waals surface area contributed by atoms with Gasteiger partial charge in [-0.1, -0.05) is 0 Å². The van der Waals surface area contributed by atoms with Gasteiger partial charge in [0.05, 0.1) is 11.8 Å². The van der Waals surface area contributed by atoms with Gasteiger partial charge in [0, 0.05) is 13.1 Å². The monoisotopic (exact) mass is 294 g/mol. The van der Waals surface area contributed by atoms with Gasteiger partial charge < -0.3 is 20.0 Å². The van der Waals surface area contributed by atoms with Crippen molar-refractivity contribution in [3.05, 3.63) is 0 Å². The van der Waals surface area contributed by atoms with E-state index in [9.17, 15) is 19.8 Å². The summed E-state index contributed by atoms with van der Waals surface area (Å²) < 4.78 is 0. The minimum Gasteiger partial charge on any atom is -0.370 e. The third-order valence-corrected chi connectivity index (χ3v) is 6.00. The number of carbonyl (C=O) groups is 2. The Kier molecular flexibility index (Phi) is 2.70. The van der Waals surface area contributed by atoms with Crippen molar-refractivity contribution in [3.63, 3.8) is 0 Å². The molecule has 0 aliphatic carbocycles. The van der Waals surface area contributed by atoms with Crippen molar-refractivity contribution >= 4 is 11.8 Å². The van der Waals surface area contributed by atoms with Gasteiger partial charge in [-0.3, -0.25) is 9.59 Å². The second-order valence-corrected chi connectivity index (χ2v) is 6.99. The maximum Gasteiger partial charge on any atom is 0.232 e. The van der Waals surface area contributed by atoms with Crippen LogP contribution in [0.5, 0.6) is 0 Å². The van der Waals surface area contributed by atoms with Gasteiger partial charge >= 0.3 is 0 Å². The lowest BCUT2D eigenvalue weighted by molar-refractivity contribution is -0.262. The molecule has 0 unspecified atom stereocenters. The van der Waals surface area contributed by atoms with Crippen LogP contribution in [0.25, 0.3) is 0 Å². The molecule has 4 aliphatic heterocycles. The molecule has 2 N–H and O–H groups in total. The summed E-state index contributed by atoms with van der Waals surface area (Å²) in [4.78, 5) is 28.6. The van der Waals surface area contributed by atoms with Gasteiger partial charge in [-0.25, -0.2) is 0 Å². The molecule has 0 spiro atoms. The standard InChI is InChI=1S/C15H22N2O4/c18-12-10-9-11(15(21)6-2-4-8-17(12)15)13(19)16-7-3-1-5-14(10,16)20/h10-11,20-21H,1-9H2/t10-,11-,14-,15+/m0/s1. The number of hydrogen-bond donors (Lipinski definition) is 2. The summed E-state index contributed by atoms with van der Waals surface area (Å²) in [5, 5.41) is 22.0. The molecular formula is C15H22N2O4. The first-order valence-corrected chi connectivity index (χ1v) is 8.06. The van der Waals surface area contributed by atoms with Crippen LogP contribution in [0.2, 0.25) is 0 Å². The minimum atomic E-state index is -1.33. The van der Waals surface area contributed by atoms with Gasteiger partial charge in [-0.05, 0) is 44.9 Å². The van der Waals surface area contributed by atoms with Crippen LogP contribution in [0.1, 0.15) is 44.9 Å². The van der Waals surface area contributed by atoms with E-state index in [0.717, 1.165) is 25.7 Å². The van der Waals surface area contributed by atoms with E-state index < -0.39 is 23.3 Å². The summed E-state index contributed by atoms with van der Waals surface area (Å²) >= 11 is 0. The summed E-state index contributed by atoms with van der Waals surface area (Å²) in [7, 11) is 0. The van der Waals surface area contributed by atoms with Crippen LogP contribution in [-0.4, -0.2) is 56.4 Å². The number of piperidine rings is 4. The third kappa shape index (κ3) is 1.55. The number of rotatable bonds is 0. The van der Waals surface area contributed by atoms with E-state index >= 15 is 0 Å². The van der Waals surface area contributed by atoms with Crippen molar-refractivity contribution < 1.29 is 19.8 Å². The van der Waals surface area contributed by atoms with E-state index in [-0.39, 0.29) is 18.2 Å². The lowest BCUT2D eigenvalue weighted by Gasteiger charge is -2.61. The number of amides is 2. The van der Waals surface area contributed by atoms with Gasteiger partial charge in [-0.15, -0.1) is 0 Å². The predicted octanol–water partition coefficient (Wildman–Crippen LogP) is 0.0383. The molecule has 4 heterocycles. The third-order valence-electron chi connectivity index (χ3n) is 6.00. The number of aliphatic hydroxyl groups is 2. The summed E-state index contributed by atoms with van der Waals surface area (Å²) in [6.45, 7) is 0.984. The van der Waals surface area contributed by atoms with Gasteiger partial charge in [-0.2, -0.15) is 0 Å². The molecule has 0 aromatic rings.